The van der Waals surface area contributed by atoms with Gasteiger partial charge < -0.3 is 4.57 Å². The Labute approximate surface area is 182 Å². The predicted molar refractivity (Wildman–Crippen MR) is 125 cm³/mol. The number of nitrogens with zero attached hydrogens (tertiary/aromatic N) is 3. The Hall–Kier alpha value is -2.85. The highest BCUT2D eigenvalue weighted by Crippen LogP contribution is 2.51. The van der Waals surface area contributed by atoms with E-state index >= 15 is 0 Å². The van der Waals surface area contributed by atoms with Gasteiger partial charge in [0, 0.05) is 12.6 Å². The maximum absolute atomic E-state index is 4.55. The highest BCUT2D eigenvalue weighted by Gasteiger charge is 2.30. The first kappa shape index (κ1) is 19.1. The zero-order chi connectivity index (χ0) is 20.9. The lowest BCUT2D eigenvalue weighted by Gasteiger charge is -2.19. The molecule has 0 atom stereocenters. The lowest BCUT2D eigenvalue weighted by Crippen LogP contribution is -2.10. The van der Waals surface area contributed by atoms with Gasteiger partial charge in [-0.2, -0.15) is 0 Å². The van der Waals surface area contributed by atoms with Gasteiger partial charge in [-0.15, -0.1) is 10.2 Å². The summed E-state index contributed by atoms with van der Waals surface area (Å²) in [6, 6.07) is 26.1. The first-order chi connectivity index (χ1) is 14.4. The molecule has 0 saturated heterocycles. The van der Waals surface area contributed by atoms with Crippen LogP contribution in [0.3, 0.4) is 0 Å². The monoisotopic (exact) mass is 411 g/mol. The third-order valence-corrected chi connectivity index (χ3v) is 7.15. The van der Waals surface area contributed by atoms with Crippen molar-refractivity contribution in [1.82, 2.24) is 14.8 Å². The molecule has 0 unspecified atom stereocenters. The zero-order valence-corrected chi connectivity index (χ0v) is 18.6. The Morgan fingerprint density at radius 1 is 0.767 bits per heavy atom. The number of thioether (sulfide) groups is 1. The molecular weight excluding hydrogens is 386 g/mol. The Balaban J connectivity index is 1.48. The number of benzene rings is 3. The summed E-state index contributed by atoms with van der Waals surface area (Å²) in [6.07, 6.45) is 0. The van der Waals surface area contributed by atoms with E-state index in [4.69, 9.17) is 0 Å². The second kappa shape index (κ2) is 7.13. The molecule has 30 heavy (non-hydrogen) atoms. The molecule has 0 radical (unpaired) electrons. The van der Waals surface area contributed by atoms with Crippen LogP contribution in [0.25, 0.3) is 22.5 Å². The highest BCUT2D eigenvalue weighted by atomic mass is 32.2. The largest absolute Gasteiger partial charge is 0.305 e. The smallest absolute Gasteiger partial charge is 0.192 e. The van der Waals surface area contributed by atoms with Crippen molar-refractivity contribution in [2.45, 2.75) is 36.6 Å². The van der Waals surface area contributed by atoms with Crippen LogP contribution in [0.2, 0.25) is 0 Å². The van der Waals surface area contributed by atoms with Crippen LogP contribution in [0.1, 0.15) is 42.7 Å². The molecule has 3 aromatic carbocycles. The lowest BCUT2D eigenvalue weighted by molar-refractivity contribution is 0.590. The summed E-state index contributed by atoms with van der Waals surface area (Å²) in [7, 11) is 2.06. The molecule has 0 aliphatic heterocycles. The van der Waals surface area contributed by atoms with Crippen molar-refractivity contribution in [3.8, 4) is 22.5 Å². The number of hydrogen-bond acceptors (Lipinski definition) is 3. The minimum atomic E-state index is 0.142. The first-order valence-electron chi connectivity index (χ1n) is 10.3. The van der Waals surface area contributed by atoms with Crippen molar-refractivity contribution in [3.63, 3.8) is 0 Å². The van der Waals surface area contributed by atoms with Crippen molar-refractivity contribution in [2.24, 2.45) is 7.05 Å². The summed E-state index contributed by atoms with van der Waals surface area (Å²) in [5.41, 5.74) is 7.91. The van der Waals surface area contributed by atoms with Crippen molar-refractivity contribution >= 4 is 11.8 Å². The van der Waals surface area contributed by atoms with Crippen LogP contribution in [0.4, 0.5) is 0 Å². The van der Waals surface area contributed by atoms with Crippen LogP contribution < -0.4 is 0 Å². The molecule has 3 nitrogen and oxygen atoms in total. The third-order valence-electron chi connectivity index (χ3n) is 5.84. The van der Waals surface area contributed by atoms with Gasteiger partial charge >= 0.3 is 0 Å². The summed E-state index contributed by atoms with van der Waals surface area (Å²) >= 11 is 1.78. The minimum Gasteiger partial charge on any atom is -0.305 e. The van der Waals surface area contributed by atoms with E-state index < -0.39 is 0 Å². The molecule has 150 valence electrons. The van der Waals surface area contributed by atoms with Gasteiger partial charge in [0.25, 0.3) is 0 Å². The molecule has 4 aromatic rings. The Kier molecular flexibility index (Phi) is 4.55. The predicted octanol–water partition coefficient (Wildman–Crippen LogP) is 6.64. The SMILES string of the molecule is Cn1c(SC2c3ccccc3-c3ccccc32)nnc1-c1ccc(C(C)(C)C)cc1. The van der Waals surface area contributed by atoms with E-state index in [1.807, 2.05) is 0 Å². The van der Waals surface area contributed by atoms with E-state index in [9.17, 15) is 0 Å². The molecule has 5 rings (SSSR count). The Morgan fingerprint density at radius 2 is 1.33 bits per heavy atom. The molecule has 0 fully saturated rings. The first-order valence-corrected chi connectivity index (χ1v) is 11.2. The average molecular weight is 412 g/mol. The molecule has 1 aromatic heterocycles. The minimum absolute atomic E-state index is 0.142. The van der Waals surface area contributed by atoms with Crippen LogP contribution in [-0.2, 0) is 12.5 Å². The van der Waals surface area contributed by atoms with E-state index in [0.717, 1.165) is 16.5 Å². The summed E-state index contributed by atoms with van der Waals surface area (Å²) in [5, 5.41) is 10.2. The quantitative estimate of drug-likeness (QED) is 0.378. The molecule has 4 heteroatoms. The number of fused-ring (bicyclic) bond motifs is 3. The van der Waals surface area contributed by atoms with Gasteiger partial charge in [0.15, 0.2) is 11.0 Å². The fourth-order valence-corrected chi connectivity index (χ4v) is 5.34. The lowest BCUT2D eigenvalue weighted by atomic mass is 9.87. The second-order valence-corrected chi connectivity index (χ2v) is 9.94. The molecule has 0 bridgehead atoms. The van der Waals surface area contributed by atoms with Crippen molar-refractivity contribution in [3.05, 3.63) is 89.5 Å². The molecule has 0 saturated carbocycles. The maximum atomic E-state index is 4.55. The molecular formula is C26H25N3S. The number of rotatable bonds is 3. The fourth-order valence-electron chi connectivity index (χ4n) is 4.13. The van der Waals surface area contributed by atoms with E-state index in [1.165, 1.54) is 27.8 Å². The Bertz CT molecular complexity index is 1170. The molecule has 0 amide bonds. The van der Waals surface area contributed by atoms with E-state index in [0.29, 0.717) is 0 Å². The zero-order valence-electron chi connectivity index (χ0n) is 17.8. The van der Waals surface area contributed by atoms with Crippen LogP contribution in [0.15, 0.2) is 78.0 Å². The van der Waals surface area contributed by atoms with Gasteiger partial charge in [0.2, 0.25) is 0 Å². The van der Waals surface area contributed by atoms with E-state index in [2.05, 4.69) is 115 Å². The van der Waals surface area contributed by atoms with Crippen LogP contribution in [-0.4, -0.2) is 14.8 Å². The molecule has 1 aliphatic rings. The van der Waals surface area contributed by atoms with E-state index in [1.54, 1.807) is 11.8 Å². The van der Waals surface area contributed by atoms with Crippen LogP contribution >= 0.6 is 11.8 Å². The number of hydrogen-bond donors (Lipinski definition) is 0. The third kappa shape index (κ3) is 3.16. The molecule has 1 aliphatic carbocycles. The molecule has 1 heterocycles. The average Bonchev–Trinajstić information content (AvgIpc) is 3.27. The summed E-state index contributed by atoms with van der Waals surface area (Å²) < 4.78 is 2.11. The maximum Gasteiger partial charge on any atom is 0.192 e. The standard InChI is InChI=1S/C26H25N3S/c1-26(2,3)18-15-13-17(14-16-18)24-27-28-25(29(24)4)30-23-21-11-7-5-9-19(21)20-10-6-8-12-22(20)23/h5-16,23H,1-4H3. The summed E-state index contributed by atoms with van der Waals surface area (Å²) in [6.45, 7) is 6.70. The van der Waals surface area contributed by atoms with Crippen molar-refractivity contribution in [1.29, 1.82) is 0 Å². The topological polar surface area (TPSA) is 30.7 Å². The van der Waals surface area contributed by atoms with Crippen molar-refractivity contribution < 1.29 is 0 Å². The molecule has 0 spiro atoms. The van der Waals surface area contributed by atoms with Gasteiger partial charge in [-0.05, 0) is 33.2 Å². The van der Waals surface area contributed by atoms with Gasteiger partial charge in [-0.3, -0.25) is 0 Å². The second-order valence-electron chi connectivity index (χ2n) is 8.86. The van der Waals surface area contributed by atoms with E-state index in [-0.39, 0.29) is 10.7 Å². The highest BCUT2D eigenvalue weighted by molar-refractivity contribution is 7.99. The normalized spacial score (nSPS) is 13.3. The molecule has 0 N–H and O–H groups in total. The number of aromatic nitrogens is 3. The van der Waals surface area contributed by atoms with Crippen LogP contribution in [0, 0.1) is 0 Å². The van der Waals surface area contributed by atoms with Gasteiger partial charge in [0.05, 0.1) is 5.25 Å². The van der Waals surface area contributed by atoms with Gasteiger partial charge in [-0.25, -0.2) is 0 Å². The fraction of sp³-hybridized carbons (Fsp3) is 0.231. The summed E-state index contributed by atoms with van der Waals surface area (Å²) in [5.74, 6) is 0.900. The van der Waals surface area contributed by atoms with Gasteiger partial charge in [-0.1, -0.05) is 105 Å². The van der Waals surface area contributed by atoms with Crippen LogP contribution in [0.5, 0.6) is 0 Å². The van der Waals surface area contributed by atoms with Crippen molar-refractivity contribution in [2.75, 3.05) is 0 Å². The summed E-state index contributed by atoms with van der Waals surface area (Å²) in [4.78, 5) is 0. The Morgan fingerprint density at radius 3 is 1.90 bits per heavy atom. The van der Waals surface area contributed by atoms with Gasteiger partial charge in [0.1, 0.15) is 0 Å².